The van der Waals surface area contributed by atoms with Crippen LogP contribution in [-0.2, 0) is 29.7 Å². The van der Waals surface area contributed by atoms with Crippen LogP contribution in [0, 0.1) is 12.7 Å². The second-order valence-electron chi connectivity index (χ2n) is 20.0. The van der Waals surface area contributed by atoms with Crippen LogP contribution in [0.4, 0.5) is 40.3 Å². The Bertz CT molecular complexity index is 3410. The predicted molar refractivity (Wildman–Crippen MR) is 315 cm³/mol. The fourth-order valence-electron chi connectivity index (χ4n) is 10.3. The maximum absolute atomic E-state index is 15.8. The van der Waals surface area contributed by atoms with Crippen LogP contribution >= 0.6 is 46.0 Å². The molecule has 2 fully saturated rings. The first-order chi connectivity index (χ1) is 36.8. The van der Waals surface area contributed by atoms with Gasteiger partial charge in [-0.3, -0.25) is 4.72 Å². The van der Waals surface area contributed by atoms with Crippen LogP contribution in [0.25, 0.3) is 22.4 Å². The van der Waals surface area contributed by atoms with Gasteiger partial charge < -0.3 is 29.9 Å². The minimum Gasteiger partial charge on any atom is -0.380 e. The summed E-state index contributed by atoms with van der Waals surface area (Å²) in [6, 6.07) is 29.9. The number of nitrogens with zero attached hydrogens (tertiary/aromatic N) is 4. The lowest BCUT2D eigenvalue weighted by Crippen LogP contribution is -2.46. The Morgan fingerprint density at radius 3 is 1.99 bits per heavy atom. The van der Waals surface area contributed by atoms with Crippen molar-refractivity contribution >= 4 is 98.4 Å². The average molecular weight is 1280 g/mol. The van der Waals surface area contributed by atoms with Crippen LogP contribution in [0.1, 0.15) is 51.8 Å². The summed E-state index contributed by atoms with van der Waals surface area (Å²) in [5.41, 5.74) is -2.03. The maximum atomic E-state index is 15.8. The van der Waals surface area contributed by atoms with E-state index in [0.717, 1.165) is 60.5 Å². The van der Waals surface area contributed by atoms with Gasteiger partial charge in [-0.25, -0.2) is 29.6 Å². The molecule has 420 valence electrons. The average Bonchev–Trinajstić information content (AvgIpc) is 3.93. The van der Waals surface area contributed by atoms with Crippen molar-refractivity contribution in [3.8, 4) is 22.4 Å². The molecule has 1 unspecified atom stereocenters. The van der Waals surface area contributed by atoms with Crippen LogP contribution in [0.15, 0.2) is 135 Å². The SMILES string of the molecule is Cc1c(S(C)(=O)=O)c(-c2cc(F)cc(N3CCN(c4ccc(NS(=O)(=O)c5ccc(N[C@H](CCN6CCC(NC(C)I)CC6)CSc6ccccc6)c(S(=O)(=O)C(F)(F)F)c5)cc4)CC3)c2)c(-c2ccc(Cl)cc2)n1C(C)C. The van der Waals surface area contributed by atoms with Crippen LogP contribution in [0.2, 0.25) is 5.02 Å². The van der Waals surface area contributed by atoms with Crippen molar-refractivity contribution in [2.45, 2.75) is 94.2 Å². The van der Waals surface area contributed by atoms with E-state index in [4.69, 9.17) is 11.6 Å². The van der Waals surface area contributed by atoms with E-state index >= 15 is 4.39 Å². The third kappa shape index (κ3) is 14.1. The smallest absolute Gasteiger partial charge is 0.380 e. The van der Waals surface area contributed by atoms with Gasteiger partial charge in [0.15, 0.2) is 9.84 Å². The van der Waals surface area contributed by atoms with Crippen molar-refractivity contribution in [1.82, 2.24) is 14.8 Å². The van der Waals surface area contributed by atoms with Gasteiger partial charge >= 0.3 is 5.51 Å². The molecule has 78 heavy (non-hydrogen) atoms. The Morgan fingerprint density at radius 1 is 0.769 bits per heavy atom. The Kier molecular flexibility index (Phi) is 18.8. The number of anilines is 4. The topological polar surface area (TPSA) is 153 Å². The van der Waals surface area contributed by atoms with E-state index in [1.165, 1.54) is 36.0 Å². The lowest BCUT2D eigenvalue weighted by Gasteiger charge is -2.37. The number of alkyl halides is 4. The number of thioether (sulfide) groups is 1. The van der Waals surface area contributed by atoms with Gasteiger partial charge in [-0.1, -0.05) is 64.5 Å². The Balaban J connectivity index is 0.977. The van der Waals surface area contributed by atoms with Gasteiger partial charge in [0.05, 0.1) is 25.2 Å². The van der Waals surface area contributed by atoms with Crippen LogP contribution in [0.3, 0.4) is 0 Å². The number of piperazine rings is 1. The molecule has 0 radical (unpaired) electrons. The molecule has 0 bridgehead atoms. The largest absolute Gasteiger partial charge is 0.501 e. The Hall–Kier alpha value is -4.56. The first-order valence-electron chi connectivity index (χ1n) is 25.5. The molecule has 5 aromatic carbocycles. The number of rotatable bonds is 20. The zero-order valence-electron chi connectivity index (χ0n) is 43.7. The Labute approximate surface area is 478 Å². The third-order valence-corrected chi connectivity index (χ3v) is 19.9. The van der Waals surface area contributed by atoms with Crippen molar-refractivity contribution in [2.24, 2.45) is 0 Å². The number of hydrogen-bond donors (Lipinski definition) is 3. The van der Waals surface area contributed by atoms with E-state index in [1.54, 1.807) is 37.3 Å². The quantitative estimate of drug-likeness (QED) is 0.0219. The lowest BCUT2D eigenvalue weighted by molar-refractivity contribution is -0.0435. The van der Waals surface area contributed by atoms with Crippen molar-refractivity contribution in [3.05, 3.63) is 132 Å². The molecule has 0 aliphatic carbocycles. The van der Waals surface area contributed by atoms with Gasteiger partial charge in [-0.2, -0.15) is 13.2 Å². The molecule has 2 atom stereocenters. The fourth-order valence-corrected chi connectivity index (χ4v) is 15.2. The number of sulfonamides is 1. The minimum absolute atomic E-state index is 0.0849. The van der Waals surface area contributed by atoms with E-state index in [1.807, 2.05) is 65.8 Å². The van der Waals surface area contributed by atoms with Gasteiger partial charge in [0.1, 0.15) is 10.7 Å². The number of likely N-dealkylation sites (tertiary alicyclic amines) is 1. The summed E-state index contributed by atoms with van der Waals surface area (Å²) in [6.07, 6.45) is 3.51. The Morgan fingerprint density at radius 2 is 1.40 bits per heavy atom. The fraction of sp³-hybridized carbons (Fsp3) is 0.382. The summed E-state index contributed by atoms with van der Waals surface area (Å²) in [6.45, 7) is 11.9. The molecule has 0 amide bonds. The lowest BCUT2D eigenvalue weighted by atomic mass is 9.99. The van der Waals surface area contributed by atoms with Gasteiger partial charge in [-0.05, 0) is 156 Å². The molecule has 2 aliphatic rings. The van der Waals surface area contributed by atoms with Crippen molar-refractivity contribution < 1.29 is 42.8 Å². The number of benzene rings is 5. The van der Waals surface area contributed by atoms with Gasteiger partial charge in [0.2, 0.25) is 0 Å². The van der Waals surface area contributed by atoms with E-state index in [-0.39, 0.29) is 22.3 Å². The molecular formula is C55H63ClF4IN7O6S4. The second kappa shape index (κ2) is 24.7. The van der Waals surface area contributed by atoms with Gasteiger partial charge in [-0.15, -0.1) is 11.8 Å². The highest BCUT2D eigenvalue weighted by molar-refractivity contribution is 14.1. The van der Waals surface area contributed by atoms with Gasteiger partial charge in [0.25, 0.3) is 19.9 Å². The normalized spacial score (nSPS) is 16.2. The van der Waals surface area contributed by atoms with Crippen LogP contribution in [0.5, 0.6) is 0 Å². The van der Waals surface area contributed by atoms with E-state index < -0.39 is 56.9 Å². The number of halogens is 6. The first-order valence-corrected chi connectivity index (χ1v) is 32.9. The van der Waals surface area contributed by atoms with Crippen LogP contribution in [-0.4, -0.2) is 114 Å². The highest BCUT2D eigenvalue weighted by atomic mass is 127. The summed E-state index contributed by atoms with van der Waals surface area (Å²) in [4.78, 5) is 5.52. The third-order valence-electron chi connectivity index (χ3n) is 14.0. The molecule has 0 saturated carbocycles. The first kappa shape index (κ1) is 59.6. The summed E-state index contributed by atoms with van der Waals surface area (Å²) >= 11 is 10.1. The summed E-state index contributed by atoms with van der Waals surface area (Å²) in [7, 11) is -14.5. The highest BCUT2D eigenvalue weighted by Gasteiger charge is 2.48. The molecule has 3 heterocycles. The van der Waals surface area contributed by atoms with Crippen molar-refractivity contribution in [3.63, 3.8) is 0 Å². The van der Waals surface area contributed by atoms with E-state index in [2.05, 4.69) is 54.7 Å². The van der Waals surface area contributed by atoms with E-state index in [9.17, 15) is 38.4 Å². The molecule has 3 N–H and O–H groups in total. The van der Waals surface area contributed by atoms with Crippen LogP contribution < -0.4 is 25.2 Å². The minimum atomic E-state index is -6.04. The predicted octanol–water partition coefficient (Wildman–Crippen LogP) is 12.1. The summed E-state index contributed by atoms with van der Waals surface area (Å²) in [5, 5.41) is 7.15. The number of piperidine rings is 1. The zero-order valence-corrected chi connectivity index (χ0v) is 49.9. The highest BCUT2D eigenvalue weighted by Crippen LogP contribution is 2.45. The molecule has 0 spiro atoms. The number of nitrogens with one attached hydrogen (secondary N) is 3. The summed E-state index contributed by atoms with van der Waals surface area (Å²) in [5.74, 6) is -0.155. The van der Waals surface area contributed by atoms with Gasteiger partial charge in [0, 0.05) is 101 Å². The summed E-state index contributed by atoms with van der Waals surface area (Å²) < 4.78 is 145. The molecule has 13 nitrogen and oxygen atoms in total. The molecular weight excluding hydrogens is 1220 g/mol. The zero-order chi connectivity index (χ0) is 56.3. The monoisotopic (exact) mass is 1280 g/mol. The molecule has 8 rings (SSSR count). The van der Waals surface area contributed by atoms with Crippen molar-refractivity contribution in [1.29, 1.82) is 0 Å². The molecule has 1 aromatic heterocycles. The molecule has 6 aromatic rings. The number of hydrogen-bond acceptors (Lipinski definition) is 12. The molecule has 2 saturated heterocycles. The van der Waals surface area contributed by atoms with E-state index in [0.29, 0.717) is 94.3 Å². The second-order valence-corrected chi connectivity index (χ2v) is 28.9. The van der Waals surface area contributed by atoms with Crippen molar-refractivity contribution in [2.75, 3.05) is 77.7 Å². The molecule has 2 aliphatic heterocycles. The molecule has 23 heteroatoms. The number of sulfone groups is 2. The number of aromatic nitrogens is 1. The maximum Gasteiger partial charge on any atom is 0.501 e. The standard InChI is InChI=1S/C55H63ClF4IN7O6S4/c1-36(2)68-37(3)54(76(5,69)70)52(53(68)39-11-13-41(56)14-12-39)40-31-42(57)33-47(32-40)67-29-27-66(28-30-67)46-17-15-44(16-18-46)64-78(73,74)49-19-20-50(51(34-49)77(71,72)55(58,59)60)63-45(35-75-48-9-7-6-8-10-48)23-26-65-24-21-43(22-25-65)62-38(4)61/h6-20,31-34,36,38,43,45,62-64H,21-30,35H2,1-5H3/t38?,45-/m1/s1.